The molecule has 0 unspecified atom stereocenters. The molecule has 0 saturated carbocycles. The van der Waals surface area contributed by atoms with E-state index >= 15 is 0 Å². The van der Waals surface area contributed by atoms with Gasteiger partial charge in [-0.2, -0.15) is 0 Å². The topological polar surface area (TPSA) is 135 Å². The number of ketones is 1. The average molecular weight is 512 g/mol. The third-order valence-corrected chi connectivity index (χ3v) is 6.16. The first kappa shape index (κ1) is 27.7. The van der Waals surface area contributed by atoms with E-state index in [1.165, 1.54) is 14.0 Å². The zero-order chi connectivity index (χ0) is 27.0. The lowest BCUT2D eigenvalue weighted by Crippen LogP contribution is -2.57. The van der Waals surface area contributed by atoms with Gasteiger partial charge in [0, 0.05) is 6.42 Å². The normalized spacial score (nSPS) is 18.5. The molecule has 4 atom stereocenters. The second-order valence-electron chi connectivity index (χ2n) is 9.11. The highest BCUT2D eigenvalue weighted by molar-refractivity contribution is 5.98. The van der Waals surface area contributed by atoms with Crippen LogP contribution in [0.2, 0.25) is 0 Å². The van der Waals surface area contributed by atoms with Crippen molar-refractivity contribution in [3.8, 4) is 5.75 Å². The molecule has 1 aliphatic heterocycles. The van der Waals surface area contributed by atoms with Gasteiger partial charge in [0.1, 0.15) is 23.4 Å². The van der Waals surface area contributed by atoms with Gasteiger partial charge in [-0.3, -0.25) is 14.4 Å². The van der Waals surface area contributed by atoms with E-state index in [2.05, 4.69) is 20.7 Å². The summed E-state index contributed by atoms with van der Waals surface area (Å²) in [5.41, 5.74) is 0.690. The van der Waals surface area contributed by atoms with Crippen LogP contribution in [0.1, 0.15) is 25.0 Å². The zero-order valence-electron chi connectivity index (χ0n) is 21.4. The molecule has 2 aromatic rings. The number of ether oxygens (including phenoxy) is 3. The van der Waals surface area contributed by atoms with Gasteiger partial charge in [-0.15, -0.1) is 0 Å². The van der Waals surface area contributed by atoms with E-state index < -0.39 is 41.6 Å². The molecule has 37 heavy (non-hydrogen) atoms. The first-order valence-corrected chi connectivity index (χ1v) is 12.0. The summed E-state index contributed by atoms with van der Waals surface area (Å²) in [5.74, 6) is -0.703. The summed E-state index contributed by atoms with van der Waals surface area (Å²) in [7, 11) is 2.74. The first-order valence-electron chi connectivity index (χ1n) is 12.0. The molecule has 0 radical (unpaired) electrons. The Morgan fingerprint density at radius 2 is 1.43 bits per heavy atom. The first-order chi connectivity index (χ1) is 17.6. The molecule has 10 heteroatoms. The molecule has 1 fully saturated rings. The number of amides is 3. The second-order valence-corrected chi connectivity index (χ2v) is 9.11. The minimum Gasteiger partial charge on any atom is -0.497 e. The van der Waals surface area contributed by atoms with Gasteiger partial charge >= 0.3 is 6.09 Å². The summed E-state index contributed by atoms with van der Waals surface area (Å²) in [6.45, 7) is 3.45. The number of benzene rings is 2. The summed E-state index contributed by atoms with van der Waals surface area (Å²) in [6, 6.07) is 13.6. The predicted molar refractivity (Wildman–Crippen MR) is 135 cm³/mol. The fraction of sp³-hybridized carbons (Fsp3) is 0.407. The Balaban J connectivity index is 1.80. The summed E-state index contributed by atoms with van der Waals surface area (Å²) in [5, 5.41) is 7.90. The molecule has 1 heterocycles. The van der Waals surface area contributed by atoms with Crippen LogP contribution in [0.25, 0.3) is 0 Å². The Bertz CT molecular complexity index is 1100. The Morgan fingerprint density at radius 1 is 0.865 bits per heavy atom. The van der Waals surface area contributed by atoms with Gasteiger partial charge in [-0.1, -0.05) is 42.5 Å². The maximum Gasteiger partial charge on any atom is 0.407 e. The molecule has 3 amide bonds. The number of nitrogens with one attached hydrogen (secondary N) is 3. The molecule has 1 saturated heterocycles. The van der Waals surface area contributed by atoms with Crippen molar-refractivity contribution in [2.45, 2.75) is 50.4 Å². The highest BCUT2D eigenvalue weighted by atomic mass is 16.6. The molecule has 2 aromatic carbocycles. The zero-order valence-corrected chi connectivity index (χ0v) is 21.4. The van der Waals surface area contributed by atoms with Crippen LogP contribution in [-0.2, 0) is 36.7 Å². The number of carbonyl (C=O) groups is 4. The van der Waals surface area contributed by atoms with Crippen molar-refractivity contribution in [2.24, 2.45) is 0 Å². The smallest absolute Gasteiger partial charge is 0.407 e. The molecule has 3 N–H and O–H groups in total. The molecule has 0 aliphatic carbocycles. The van der Waals surface area contributed by atoms with Crippen molar-refractivity contribution in [3.05, 3.63) is 65.7 Å². The van der Waals surface area contributed by atoms with Crippen LogP contribution in [-0.4, -0.2) is 68.2 Å². The van der Waals surface area contributed by atoms with Gasteiger partial charge in [0.05, 0.1) is 26.9 Å². The SMILES string of the molecule is COC(=O)N[C@@H](C)C(=O)N[C@@H](Cc1ccc(OC)cc1)C(=O)N[C@@H](Cc1ccccc1)C(=O)[C@@]1(C)CO1. The average Bonchev–Trinajstić information content (AvgIpc) is 3.66. The lowest BCUT2D eigenvalue weighted by atomic mass is 9.94. The summed E-state index contributed by atoms with van der Waals surface area (Å²) < 4.78 is 15.1. The van der Waals surface area contributed by atoms with Gasteiger partial charge < -0.3 is 30.2 Å². The lowest BCUT2D eigenvalue weighted by molar-refractivity contribution is -0.133. The standard InChI is InChI=1S/C27H33N3O7/c1-17(28-26(34)36-4)24(32)30-22(15-19-10-12-20(35-3)13-11-19)25(33)29-21(23(31)27(2)16-37-27)14-18-8-6-5-7-9-18/h5-13,17,21-22H,14-16H2,1-4H3,(H,28,34)(H,29,33)(H,30,32)/t17-,21-,22-,27+/m0/s1. The highest BCUT2D eigenvalue weighted by Crippen LogP contribution is 2.29. The number of carbonyl (C=O) groups excluding carboxylic acids is 4. The minimum atomic E-state index is -1.03. The Hall–Kier alpha value is -3.92. The third-order valence-electron chi connectivity index (χ3n) is 6.16. The van der Waals surface area contributed by atoms with E-state index in [0.717, 1.165) is 11.1 Å². The largest absolute Gasteiger partial charge is 0.497 e. The van der Waals surface area contributed by atoms with E-state index in [1.54, 1.807) is 38.3 Å². The Kier molecular flexibility index (Phi) is 9.24. The maximum atomic E-state index is 13.5. The maximum absolute atomic E-state index is 13.5. The predicted octanol–water partition coefficient (Wildman–Crippen LogP) is 1.55. The Morgan fingerprint density at radius 3 is 2.00 bits per heavy atom. The van der Waals surface area contributed by atoms with Gasteiger partial charge in [-0.25, -0.2) is 4.79 Å². The molecule has 3 rings (SSSR count). The van der Waals surface area contributed by atoms with Crippen molar-refractivity contribution in [3.63, 3.8) is 0 Å². The van der Waals surface area contributed by atoms with Gasteiger partial charge in [0.15, 0.2) is 5.78 Å². The Labute approximate surface area is 216 Å². The van der Waals surface area contributed by atoms with E-state index in [1.807, 2.05) is 30.3 Å². The molecular weight excluding hydrogens is 478 g/mol. The van der Waals surface area contributed by atoms with Crippen molar-refractivity contribution in [1.82, 2.24) is 16.0 Å². The highest BCUT2D eigenvalue weighted by Gasteiger charge is 2.50. The van der Waals surface area contributed by atoms with Crippen molar-refractivity contribution in [2.75, 3.05) is 20.8 Å². The number of hydrogen-bond acceptors (Lipinski definition) is 7. The van der Waals surface area contributed by atoms with E-state index in [0.29, 0.717) is 5.75 Å². The quantitative estimate of drug-likeness (QED) is 0.368. The van der Waals surface area contributed by atoms with Crippen LogP contribution < -0.4 is 20.7 Å². The molecule has 0 spiro atoms. The molecular formula is C27H33N3O7. The van der Waals surface area contributed by atoms with Crippen LogP contribution >= 0.6 is 0 Å². The summed E-state index contributed by atoms with van der Waals surface area (Å²) in [6.07, 6.45) is -0.356. The van der Waals surface area contributed by atoms with Crippen molar-refractivity contribution < 1.29 is 33.4 Å². The number of Topliss-reactive ketones (excluding diaryl/α,β-unsaturated/α-hetero) is 1. The van der Waals surface area contributed by atoms with E-state index in [-0.39, 0.29) is 25.2 Å². The van der Waals surface area contributed by atoms with Crippen molar-refractivity contribution in [1.29, 1.82) is 0 Å². The van der Waals surface area contributed by atoms with Gasteiger partial charge in [0.2, 0.25) is 11.8 Å². The second kappa shape index (κ2) is 12.4. The number of methoxy groups -OCH3 is 2. The number of epoxide rings is 1. The van der Waals surface area contributed by atoms with Crippen molar-refractivity contribution >= 4 is 23.7 Å². The van der Waals surface area contributed by atoms with Crippen LogP contribution in [0, 0.1) is 0 Å². The number of rotatable bonds is 12. The molecule has 0 aromatic heterocycles. The fourth-order valence-electron chi connectivity index (χ4n) is 3.76. The van der Waals surface area contributed by atoms with Crippen LogP contribution in [0.15, 0.2) is 54.6 Å². The van der Waals surface area contributed by atoms with Gasteiger partial charge in [-0.05, 0) is 43.5 Å². The molecule has 1 aliphatic rings. The lowest BCUT2D eigenvalue weighted by Gasteiger charge is -2.25. The molecule has 198 valence electrons. The fourth-order valence-corrected chi connectivity index (χ4v) is 3.76. The number of hydrogen-bond donors (Lipinski definition) is 3. The van der Waals surface area contributed by atoms with Crippen LogP contribution in [0.5, 0.6) is 5.75 Å². The molecule has 10 nitrogen and oxygen atoms in total. The minimum absolute atomic E-state index is 0.145. The summed E-state index contributed by atoms with van der Waals surface area (Å²) >= 11 is 0. The van der Waals surface area contributed by atoms with E-state index in [4.69, 9.17) is 9.47 Å². The van der Waals surface area contributed by atoms with Crippen LogP contribution in [0.3, 0.4) is 0 Å². The van der Waals surface area contributed by atoms with Crippen LogP contribution in [0.4, 0.5) is 4.79 Å². The summed E-state index contributed by atoms with van der Waals surface area (Å²) in [4.78, 5) is 51.1. The molecule has 0 bridgehead atoms. The van der Waals surface area contributed by atoms with E-state index in [9.17, 15) is 19.2 Å². The monoisotopic (exact) mass is 511 g/mol. The van der Waals surface area contributed by atoms with Gasteiger partial charge in [0.25, 0.3) is 0 Å². The third kappa shape index (κ3) is 7.78. The number of alkyl carbamates (subject to hydrolysis) is 1.